The van der Waals surface area contributed by atoms with Crippen LogP contribution in [-0.2, 0) is 30.4 Å². The number of aromatic nitrogens is 2. The third-order valence-electron chi connectivity index (χ3n) is 4.35. The smallest absolute Gasteiger partial charge is 0.326 e. The van der Waals surface area contributed by atoms with Crippen LogP contribution in [-0.4, -0.2) is 81.1 Å². The van der Waals surface area contributed by atoms with E-state index in [9.17, 15) is 24.0 Å². The Morgan fingerprint density at radius 2 is 1.78 bits per heavy atom. The molecule has 3 unspecified atom stereocenters. The summed E-state index contributed by atoms with van der Waals surface area (Å²) < 4.78 is 0. The fraction of sp³-hybridized carbons (Fsp3) is 0.556. The molecule has 1 heterocycles. The van der Waals surface area contributed by atoms with E-state index in [0.29, 0.717) is 31.5 Å². The Morgan fingerprint density at radius 1 is 1.06 bits per heavy atom. The number of H-pyrrole nitrogens is 1. The summed E-state index contributed by atoms with van der Waals surface area (Å²) in [6.45, 7) is -0.156. The Labute approximate surface area is 183 Å². The molecular weight excluding hydrogens is 426 g/mol. The number of rotatable bonds is 15. The maximum absolute atomic E-state index is 12.6. The first-order chi connectivity index (χ1) is 15.1. The van der Waals surface area contributed by atoms with Crippen LogP contribution in [0.3, 0.4) is 0 Å². The second-order valence-corrected chi connectivity index (χ2v) is 7.01. The number of aliphatic carboxylic acids is 2. The lowest BCUT2D eigenvalue weighted by molar-refractivity contribution is -0.147. The number of hydrogen-bond acceptors (Lipinski definition) is 8. The molecule has 32 heavy (non-hydrogen) atoms. The normalized spacial score (nSPS) is 13.4. The van der Waals surface area contributed by atoms with Gasteiger partial charge in [-0.25, -0.2) is 9.78 Å². The van der Waals surface area contributed by atoms with Crippen molar-refractivity contribution in [1.82, 2.24) is 25.9 Å². The summed E-state index contributed by atoms with van der Waals surface area (Å²) >= 11 is 0. The number of imidazole rings is 1. The summed E-state index contributed by atoms with van der Waals surface area (Å²) in [5.74, 6) is -5.12. The van der Waals surface area contributed by atoms with E-state index in [0.717, 1.165) is 0 Å². The van der Waals surface area contributed by atoms with Gasteiger partial charge in [-0.15, -0.1) is 0 Å². The van der Waals surface area contributed by atoms with Crippen LogP contribution in [0.15, 0.2) is 12.5 Å². The minimum absolute atomic E-state index is 0.0332. The van der Waals surface area contributed by atoms with Gasteiger partial charge in [-0.2, -0.15) is 0 Å². The SMILES string of the molecule is NCCCCC(N)C(=O)NC(Cc1cnc[nH]1)C(=O)NCC(=O)NC(CC(=O)O)C(=O)O. The summed E-state index contributed by atoms with van der Waals surface area (Å²) in [4.78, 5) is 65.3. The van der Waals surface area contributed by atoms with Gasteiger partial charge in [0.2, 0.25) is 17.7 Å². The number of amides is 3. The first-order valence-corrected chi connectivity index (χ1v) is 9.89. The van der Waals surface area contributed by atoms with E-state index in [-0.39, 0.29) is 6.42 Å². The summed E-state index contributed by atoms with van der Waals surface area (Å²) in [6.07, 6.45) is 3.79. The third-order valence-corrected chi connectivity index (χ3v) is 4.35. The molecule has 1 aromatic rings. The highest BCUT2D eigenvalue weighted by molar-refractivity contribution is 5.93. The van der Waals surface area contributed by atoms with Gasteiger partial charge in [0.1, 0.15) is 12.1 Å². The number of hydrogen-bond donors (Lipinski definition) is 8. The van der Waals surface area contributed by atoms with Crippen molar-refractivity contribution in [2.45, 2.75) is 50.2 Å². The number of aromatic amines is 1. The minimum Gasteiger partial charge on any atom is -0.481 e. The molecular formula is C18H29N7O7. The van der Waals surface area contributed by atoms with Crippen molar-refractivity contribution >= 4 is 29.7 Å². The van der Waals surface area contributed by atoms with Crippen LogP contribution in [0.25, 0.3) is 0 Å². The molecule has 178 valence electrons. The van der Waals surface area contributed by atoms with Crippen LogP contribution in [0.5, 0.6) is 0 Å². The molecule has 3 amide bonds. The number of carboxylic acids is 2. The molecule has 0 fully saturated rings. The monoisotopic (exact) mass is 455 g/mol. The molecule has 10 N–H and O–H groups in total. The van der Waals surface area contributed by atoms with E-state index in [2.05, 4.69) is 20.6 Å². The maximum Gasteiger partial charge on any atom is 0.326 e. The molecule has 0 aliphatic rings. The number of nitrogens with one attached hydrogen (secondary N) is 4. The van der Waals surface area contributed by atoms with Gasteiger partial charge in [0.05, 0.1) is 25.3 Å². The topological polar surface area (TPSA) is 243 Å². The van der Waals surface area contributed by atoms with Crippen LogP contribution in [0, 0.1) is 0 Å². The molecule has 0 bridgehead atoms. The molecule has 1 rings (SSSR count). The lowest BCUT2D eigenvalue weighted by atomic mass is 10.1. The van der Waals surface area contributed by atoms with Gasteiger partial charge in [-0.05, 0) is 19.4 Å². The third kappa shape index (κ3) is 9.99. The Kier molecular flexibility index (Phi) is 11.4. The zero-order chi connectivity index (χ0) is 24.1. The standard InChI is InChI=1S/C18H29N7O7/c19-4-2-1-3-11(20)16(29)25-12(5-10-7-21-9-23-10)17(30)22-8-14(26)24-13(18(31)32)6-15(27)28/h7,9,11-13H,1-6,8,19-20H2,(H,21,23)(H,22,30)(H,24,26)(H,25,29)(H,27,28)(H,31,32). The molecule has 14 nitrogen and oxygen atoms in total. The predicted octanol–water partition coefficient (Wildman–Crippen LogP) is -2.95. The van der Waals surface area contributed by atoms with Crippen molar-refractivity contribution in [2.24, 2.45) is 11.5 Å². The van der Waals surface area contributed by atoms with Crippen LogP contribution >= 0.6 is 0 Å². The second kappa shape index (κ2) is 13.7. The van der Waals surface area contributed by atoms with Crippen LogP contribution in [0.2, 0.25) is 0 Å². The lowest BCUT2D eigenvalue weighted by Gasteiger charge is -2.20. The van der Waals surface area contributed by atoms with Gasteiger partial charge in [-0.1, -0.05) is 6.42 Å². The Morgan fingerprint density at radius 3 is 2.34 bits per heavy atom. The summed E-state index contributed by atoms with van der Waals surface area (Å²) in [6, 6.07) is -3.59. The van der Waals surface area contributed by atoms with Crippen LogP contribution in [0.1, 0.15) is 31.4 Å². The number of carbonyl (C=O) groups excluding carboxylic acids is 3. The van der Waals surface area contributed by atoms with Crippen molar-refractivity contribution in [3.63, 3.8) is 0 Å². The van der Waals surface area contributed by atoms with Crippen molar-refractivity contribution in [3.05, 3.63) is 18.2 Å². The number of nitrogens with zero attached hydrogens (tertiary/aromatic N) is 1. The van der Waals surface area contributed by atoms with E-state index in [1.54, 1.807) is 0 Å². The van der Waals surface area contributed by atoms with Gasteiger partial charge >= 0.3 is 11.9 Å². The maximum atomic E-state index is 12.6. The second-order valence-electron chi connectivity index (χ2n) is 7.01. The fourth-order valence-electron chi connectivity index (χ4n) is 2.65. The average Bonchev–Trinajstić information content (AvgIpc) is 3.23. The van der Waals surface area contributed by atoms with Crippen molar-refractivity contribution in [1.29, 1.82) is 0 Å². The predicted molar refractivity (Wildman–Crippen MR) is 110 cm³/mol. The Hall–Kier alpha value is -3.52. The van der Waals surface area contributed by atoms with Crippen molar-refractivity contribution in [2.75, 3.05) is 13.1 Å². The minimum atomic E-state index is -1.65. The van der Waals surface area contributed by atoms with Crippen molar-refractivity contribution < 1.29 is 34.2 Å². The van der Waals surface area contributed by atoms with E-state index in [1.807, 2.05) is 5.32 Å². The molecule has 0 radical (unpaired) electrons. The Bertz CT molecular complexity index is 785. The lowest BCUT2D eigenvalue weighted by Crippen LogP contribution is -2.54. The number of carbonyl (C=O) groups is 5. The number of carboxylic acid groups (broad SMARTS) is 2. The molecule has 3 atom stereocenters. The zero-order valence-corrected chi connectivity index (χ0v) is 17.4. The highest BCUT2D eigenvalue weighted by Crippen LogP contribution is 2.02. The van der Waals surface area contributed by atoms with Gasteiger partial charge in [-0.3, -0.25) is 19.2 Å². The molecule has 0 saturated heterocycles. The van der Waals surface area contributed by atoms with Gasteiger partial charge in [0, 0.05) is 18.3 Å². The highest BCUT2D eigenvalue weighted by atomic mass is 16.4. The molecule has 0 aromatic carbocycles. The van der Waals surface area contributed by atoms with Crippen LogP contribution in [0.4, 0.5) is 0 Å². The molecule has 0 saturated carbocycles. The largest absolute Gasteiger partial charge is 0.481 e. The summed E-state index contributed by atoms with van der Waals surface area (Å²) in [7, 11) is 0. The molecule has 1 aromatic heterocycles. The quantitative estimate of drug-likeness (QED) is 0.125. The van der Waals surface area contributed by atoms with Gasteiger partial charge in [0.15, 0.2) is 0 Å². The van der Waals surface area contributed by atoms with E-state index in [4.69, 9.17) is 21.7 Å². The molecule has 0 aliphatic carbocycles. The number of unbranched alkanes of at least 4 members (excludes halogenated alkanes) is 1. The molecule has 14 heteroatoms. The van der Waals surface area contributed by atoms with Gasteiger partial charge in [0.25, 0.3) is 0 Å². The average molecular weight is 455 g/mol. The van der Waals surface area contributed by atoms with E-state index < -0.39 is 60.8 Å². The first-order valence-electron chi connectivity index (χ1n) is 9.89. The number of nitrogens with two attached hydrogens (primary N) is 2. The highest BCUT2D eigenvalue weighted by Gasteiger charge is 2.26. The van der Waals surface area contributed by atoms with Crippen molar-refractivity contribution in [3.8, 4) is 0 Å². The fourth-order valence-corrected chi connectivity index (χ4v) is 2.65. The summed E-state index contributed by atoms with van der Waals surface area (Å²) in [5, 5.41) is 24.5. The Balaban J connectivity index is 2.70. The summed E-state index contributed by atoms with van der Waals surface area (Å²) in [5.41, 5.74) is 11.8. The van der Waals surface area contributed by atoms with E-state index in [1.165, 1.54) is 12.5 Å². The van der Waals surface area contributed by atoms with Crippen LogP contribution < -0.4 is 27.4 Å². The van der Waals surface area contributed by atoms with Gasteiger partial charge < -0.3 is 42.6 Å². The zero-order valence-electron chi connectivity index (χ0n) is 17.4. The van der Waals surface area contributed by atoms with E-state index >= 15 is 0 Å². The first kappa shape index (κ1) is 26.5. The molecule has 0 spiro atoms. The molecule has 0 aliphatic heterocycles.